The van der Waals surface area contributed by atoms with E-state index < -0.39 is 32.5 Å². The highest BCUT2D eigenvalue weighted by molar-refractivity contribution is 7.91. The monoisotopic (exact) mass is 509 g/mol. The van der Waals surface area contributed by atoms with Gasteiger partial charge in [0, 0.05) is 19.4 Å². The van der Waals surface area contributed by atoms with Crippen LogP contribution in [-0.2, 0) is 27.9 Å². The summed E-state index contributed by atoms with van der Waals surface area (Å²) in [5.74, 6) is -1.12. The lowest BCUT2D eigenvalue weighted by Gasteiger charge is -2.06. The molecule has 0 radical (unpaired) electrons. The van der Waals surface area contributed by atoms with Crippen molar-refractivity contribution in [2.45, 2.75) is 18.1 Å². The van der Waals surface area contributed by atoms with E-state index in [1.54, 1.807) is 0 Å². The first-order valence-corrected chi connectivity index (χ1v) is 11.7. The van der Waals surface area contributed by atoms with Crippen molar-refractivity contribution in [1.29, 1.82) is 0 Å². The van der Waals surface area contributed by atoms with E-state index in [0.717, 1.165) is 10.6 Å². The zero-order chi connectivity index (χ0) is 25.5. The molecule has 0 saturated carbocycles. The fraction of sp³-hybridized carbons (Fsp3) is 0.250. The molecule has 0 spiro atoms. The Kier molecular flexibility index (Phi) is 6.06. The quantitative estimate of drug-likeness (QED) is 0.228. The van der Waals surface area contributed by atoms with Gasteiger partial charge in [0.2, 0.25) is 0 Å². The lowest BCUT2D eigenvalue weighted by atomic mass is 10.2. The van der Waals surface area contributed by atoms with Gasteiger partial charge in [0.05, 0.1) is 17.9 Å². The molecule has 4 aromatic heterocycles. The summed E-state index contributed by atoms with van der Waals surface area (Å²) in [7, 11) is -2.52. The smallest absolute Gasteiger partial charge is 0.312 e. The summed E-state index contributed by atoms with van der Waals surface area (Å²) in [5, 5.41) is 3.69. The first-order chi connectivity index (χ1) is 16.5. The van der Waals surface area contributed by atoms with Crippen LogP contribution in [0.25, 0.3) is 28.2 Å². The van der Waals surface area contributed by atoms with Crippen LogP contribution in [0, 0.1) is 0 Å². The van der Waals surface area contributed by atoms with E-state index in [1.165, 1.54) is 36.9 Å². The maximum absolute atomic E-state index is 13.2. The fourth-order valence-electron chi connectivity index (χ4n) is 3.32. The topological polar surface area (TPSA) is 133 Å². The van der Waals surface area contributed by atoms with Crippen LogP contribution < -0.4 is 5.48 Å². The second kappa shape index (κ2) is 8.74. The minimum absolute atomic E-state index is 0.0204. The SMILES string of the molecule is C=CCONC(=O)c1ccnc2c(-c3nc4cc(C(F)(F)F)cnc4n3C)c(S(=O)(=O)CC)nn12. The molecule has 35 heavy (non-hydrogen) atoms. The Morgan fingerprint density at radius 1 is 1.29 bits per heavy atom. The minimum Gasteiger partial charge on any atom is -0.312 e. The van der Waals surface area contributed by atoms with Crippen LogP contribution in [-0.4, -0.2) is 55.8 Å². The van der Waals surface area contributed by atoms with Crippen LogP contribution in [0.1, 0.15) is 23.0 Å². The highest BCUT2D eigenvalue weighted by atomic mass is 32.2. The standard InChI is InChI=1S/C20H18F3N7O4S/c1-4-8-34-28-18(31)13-6-7-24-16-14(19(27-30(13)16)35(32,33)5-2)17-26-12-9-11(20(21,22)23)10-25-15(12)29(17)3/h4,6-7,9-10H,1,5,8H2,2-3H3,(H,28,31). The summed E-state index contributed by atoms with van der Waals surface area (Å²) in [4.78, 5) is 29.8. The number of carbonyl (C=O) groups excluding carboxylic acids is 1. The van der Waals surface area contributed by atoms with Crippen LogP contribution in [0.15, 0.2) is 42.2 Å². The van der Waals surface area contributed by atoms with Crippen molar-refractivity contribution in [2.24, 2.45) is 7.05 Å². The Labute approximate surface area is 196 Å². The number of nitrogens with zero attached hydrogens (tertiary/aromatic N) is 6. The number of fused-ring (bicyclic) bond motifs is 2. The largest absolute Gasteiger partial charge is 0.417 e. The van der Waals surface area contributed by atoms with E-state index in [1.807, 2.05) is 0 Å². The molecule has 0 aliphatic heterocycles. The first-order valence-electron chi connectivity index (χ1n) is 10.0. The summed E-state index contributed by atoms with van der Waals surface area (Å²) in [6.07, 6.45) is -1.31. The van der Waals surface area contributed by atoms with Gasteiger partial charge in [-0.2, -0.15) is 18.3 Å². The highest BCUT2D eigenvalue weighted by Crippen LogP contribution is 2.34. The van der Waals surface area contributed by atoms with Gasteiger partial charge in [-0.25, -0.2) is 33.4 Å². The van der Waals surface area contributed by atoms with E-state index in [0.29, 0.717) is 6.20 Å². The van der Waals surface area contributed by atoms with Crippen molar-refractivity contribution in [2.75, 3.05) is 12.4 Å². The molecular weight excluding hydrogens is 491 g/mol. The summed E-state index contributed by atoms with van der Waals surface area (Å²) in [5.41, 5.74) is 0.912. The number of carbonyl (C=O) groups is 1. The lowest BCUT2D eigenvalue weighted by Crippen LogP contribution is -2.26. The number of amides is 1. The van der Waals surface area contributed by atoms with Crippen LogP contribution in [0.2, 0.25) is 0 Å². The van der Waals surface area contributed by atoms with E-state index in [9.17, 15) is 26.4 Å². The van der Waals surface area contributed by atoms with E-state index in [2.05, 4.69) is 32.1 Å². The molecule has 0 bridgehead atoms. The second-order valence-electron chi connectivity index (χ2n) is 7.24. The molecule has 15 heteroatoms. The summed E-state index contributed by atoms with van der Waals surface area (Å²) >= 11 is 0. The van der Waals surface area contributed by atoms with Gasteiger partial charge in [-0.1, -0.05) is 13.0 Å². The maximum atomic E-state index is 13.2. The van der Waals surface area contributed by atoms with Gasteiger partial charge in [-0.05, 0) is 12.1 Å². The Morgan fingerprint density at radius 3 is 2.69 bits per heavy atom. The zero-order valence-corrected chi connectivity index (χ0v) is 19.2. The maximum Gasteiger partial charge on any atom is 0.417 e. The van der Waals surface area contributed by atoms with Crippen LogP contribution in [0.4, 0.5) is 13.2 Å². The number of halogens is 3. The molecule has 1 N–H and O–H groups in total. The third kappa shape index (κ3) is 4.23. The molecule has 4 aromatic rings. The molecule has 0 aromatic carbocycles. The van der Waals surface area contributed by atoms with Crippen molar-refractivity contribution < 1.29 is 31.2 Å². The Morgan fingerprint density at radius 2 is 2.03 bits per heavy atom. The average molecular weight is 509 g/mol. The van der Waals surface area contributed by atoms with Crippen molar-refractivity contribution >= 4 is 32.6 Å². The molecular formula is C20H18F3N7O4S. The molecule has 0 fully saturated rings. The van der Waals surface area contributed by atoms with Crippen molar-refractivity contribution in [3.8, 4) is 11.4 Å². The average Bonchev–Trinajstić information content (AvgIpc) is 3.36. The third-order valence-electron chi connectivity index (χ3n) is 5.02. The first kappa shape index (κ1) is 24.3. The molecule has 4 rings (SSSR count). The van der Waals surface area contributed by atoms with Crippen molar-refractivity contribution in [3.05, 3.63) is 48.4 Å². The van der Waals surface area contributed by atoms with Gasteiger partial charge in [0.25, 0.3) is 5.91 Å². The Bertz CT molecular complexity index is 1580. The normalized spacial score (nSPS) is 12.4. The number of rotatable bonds is 7. The number of hydrogen-bond acceptors (Lipinski definition) is 8. The highest BCUT2D eigenvalue weighted by Gasteiger charge is 2.33. The van der Waals surface area contributed by atoms with Gasteiger partial charge in [0.15, 0.2) is 26.2 Å². The number of hydroxylamine groups is 1. The number of aryl methyl sites for hydroxylation is 1. The van der Waals surface area contributed by atoms with Crippen LogP contribution >= 0.6 is 0 Å². The van der Waals surface area contributed by atoms with Crippen molar-refractivity contribution in [1.82, 2.24) is 34.6 Å². The number of nitrogens with one attached hydrogen (secondary N) is 1. The number of pyridine rings is 1. The predicted molar refractivity (Wildman–Crippen MR) is 117 cm³/mol. The van der Waals surface area contributed by atoms with Crippen LogP contribution in [0.3, 0.4) is 0 Å². The molecule has 4 heterocycles. The molecule has 0 aliphatic rings. The summed E-state index contributed by atoms with van der Waals surface area (Å²) in [6.45, 7) is 4.89. The van der Waals surface area contributed by atoms with Gasteiger partial charge < -0.3 is 4.57 Å². The van der Waals surface area contributed by atoms with Gasteiger partial charge >= 0.3 is 6.18 Å². The van der Waals surface area contributed by atoms with Gasteiger partial charge in [-0.3, -0.25) is 9.63 Å². The molecule has 0 unspecified atom stereocenters. The summed E-state index contributed by atoms with van der Waals surface area (Å²) in [6, 6.07) is 2.11. The van der Waals surface area contributed by atoms with E-state index in [4.69, 9.17) is 4.84 Å². The van der Waals surface area contributed by atoms with Gasteiger partial charge in [-0.15, -0.1) is 6.58 Å². The molecule has 184 valence electrons. The zero-order valence-electron chi connectivity index (χ0n) is 18.4. The van der Waals surface area contributed by atoms with E-state index >= 15 is 0 Å². The number of sulfone groups is 1. The molecule has 0 atom stereocenters. The number of aromatic nitrogens is 6. The number of hydrogen-bond donors (Lipinski definition) is 1. The number of imidazole rings is 1. The molecule has 11 nitrogen and oxygen atoms in total. The second-order valence-corrected chi connectivity index (χ2v) is 9.43. The Hall–Kier alpha value is -3.85. The van der Waals surface area contributed by atoms with E-state index in [-0.39, 0.29) is 46.3 Å². The molecule has 1 amide bonds. The predicted octanol–water partition coefficient (Wildman–Crippen LogP) is 2.34. The molecule has 0 aliphatic carbocycles. The number of alkyl halides is 3. The Balaban J connectivity index is 1.99. The minimum atomic E-state index is -4.64. The molecule has 0 saturated heterocycles. The third-order valence-corrected chi connectivity index (χ3v) is 6.65. The summed E-state index contributed by atoms with van der Waals surface area (Å²) < 4.78 is 67.7. The van der Waals surface area contributed by atoms with Crippen molar-refractivity contribution in [3.63, 3.8) is 0 Å². The lowest BCUT2D eigenvalue weighted by molar-refractivity contribution is -0.137. The fourth-order valence-corrected chi connectivity index (χ4v) is 4.29. The van der Waals surface area contributed by atoms with Gasteiger partial charge in [0.1, 0.15) is 22.6 Å². The van der Waals surface area contributed by atoms with Crippen LogP contribution in [0.5, 0.6) is 0 Å².